The lowest BCUT2D eigenvalue weighted by molar-refractivity contribution is -0.161. The van der Waals surface area contributed by atoms with E-state index in [2.05, 4.69) is 0 Å². The molecule has 1 heterocycles. The van der Waals surface area contributed by atoms with Crippen LogP contribution in [0, 0.1) is 11.8 Å². The molecule has 0 saturated carbocycles. The molecular weight excluding hydrogens is 238 g/mol. The molecule has 6 heteroatoms. The maximum Gasteiger partial charge on any atom is 0.337 e. The van der Waals surface area contributed by atoms with Gasteiger partial charge in [0.15, 0.2) is 5.60 Å². The van der Waals surface area contributed by atoms with E-state index in [-0.39, 0.29) is 11.8 Å². The molecule has 3 atom stereocenters. The van der Waals surface area contributed by atoms with Crippen molar-refractivity contribution in [2.45, 2.75) is 25.4 Å². The van der Waals surface area contributed by atoms with Crippen LogP contribution < -0.4 is 0 Å². The van der Waals surface area contributed by atoms with Crippen molar-refractivity contribution >= 4 is 17.8 Å². The minimum absolute atomic E-state index is 0.379. The average Bonchev–Trinajstić information content (AvgIpc) is 2.55. The number of imide groups is 1. The first kappa shape index (κ1) is 12.8. The minimum Gasteiger partial charge on any atom is -0.479 e. The molecule has 18 heavy (non-hydrogen) atoms. The Bertz CT molecular complexity index is 414. The number of β-amino-alcohol motifs (C(OH)–C–C–N with tert-alkyl or cyclic N) is 1. The quantitative estimate of drug-likeness (QED) is 0.535. The molecule has 0 radical (unpaired) electrons. The highest BCUT2D eigenvalue weighted by Crippen LogP contribution is 2.35. The van der Waals surface area contributed by atoms with Gasteiger partial charge in [0.25, 0.3) is 0 Å². The lowest BCUT2D eigenvalue weighted by atomic mass is 9.85. The van der Waals surface area contributed by atoms with E-state index in [9.17, 15) is 19.5 Å². The van der Waals surface area contributed by atoms with Gasteiger partial charge in [-0.25, -0.2) is 4.79 Å². The number of amides is 2. The Morgan fingerprint density at radius 3 is 2.17 bits per heavy atom. The van der Waals surface area contributed by atoms with Crippen LogP contribution >= 0.6 is 0 Å². The van der Waals surface area contributed by atoms with Gasteiger partial charge in [0, 0.05) is 0 Å². The van der Waals surface area contributed by atoms with E-state index in [1.165, 1.54) is 0 Å². The Kier molecular flexibility index (Phi) is 2.98. The molecule has 1 saturated heterocycles. The molecule has 1 fully saturated rings. The molecule has 1 unspecified atom stereocenters. The maximum atomic E-state index is 12.0. The number of likely N-dealkylation sites (tertiary alicyclic amines) is 1. The fourth-order valence-electron chi connectivity index (χ4n) is 2.40. The molecule has 0 aromatic rings. The van der Waals surface area contributed by atoms with E-state index < -0.39 is 30.0 Å². The zero-order valence-electron chi connectivity index (χ0n) is 10.00. The van der Waals surface area contributed by atoms with Crippen LogP contribution in [-0.2, 0) is 14.4 Å². The normalized spacial score (nSPS) is 30.2. The molecule has 0 spiro atoms. The largest absolute Gasteiger partial charge is 0.479 e. The summed E-state index contributed by atoms with van der Waals surface area (Å²) >= 11 is 0. The van der Waals surface area contributed by atoms with Crippen molar-refractivity contribution < 1.29 is 24.6 Å². The maximum absolute atomic E-state index is 12.0. The number of rotatable bonds is 3. The number of nitrogens with zero attached hydrogens (tertiary/aromatic N) is 1. The van der Waals surface area contributed by atoms with E-state index in [1.807, 2.05) is 12.2 Å². The third-order valence-corrected chi connectivity index (χ3v) is 3.53. The molecule has 6 nitrogen and oxygen atoms in total. The third-order valence-electron chi connectivity index (χ3n) is 3.53. The summed E-state index contributed by atoms with van der Waals surface area (Å²) in [4.78, 5) is 35.7. The molecule has 0 aromatic carbocycles. The van der Waals surface area contributed by atoms with Crippen LogP contribution in [0.3, 0.4) is 0 Å². The number of hydrogen-bond donors (Lipinski definition) is 2. The first-order chi connectivity index (χ1) is 8.34. The molecule has 2 N–H and O–H groups in total. The number of carboxylic acids is 1. The standard InChI is InChI=1S/C12H15NO5/c1-12(18,11(16)17)6-13-9(14)7-4-2-3-5-8(7)10(13)15/h2-3,7-8,18H,4-6H2,1H3,(H,16,17)/t7-,8+,12?. The Morgan fingerprint density at radius 2 is 1.78 bits per heavy atom. The summed E-state index contributed by atoms with van der Waals surface area (Å²) in [5.74, 6) is -3.00. The van der Waals surface area contributed by atoms with Crippen LogP contribution in [0.5, 0.6) is 0 Å². The second-order valence-corrected chi connectivity index (χ2v) is 5.00. The topological polar surface area (TPSA) is 94.9 Å². The monoisotopic (exact) mass is 253 g/mol. The van der Waals surface area contributed by atoms with Crippen molar-refractivity contribution in [3.63, 3.8) is 0 Å². The van der Waals surface area contributed by atoms with E-state index in [4.69, 9.17) is 5.11 Å². The second-order valence-electron chi connectivity index (χ2n) is 5.00. The van der Waals surface area contributed by atoms with Gasteiger partial charge in [-0.2, -0.15) is 0 Å². The number of hydrogen-bond acceptors (Lipinski definition) is 4. The van der Waals surface area contributed by atoms with E-state index in [0.717, 1.165) is 11.8 Å². The molecule has 1 aliphatic heterocycles. The highest BCUT2D eigenvalue weighted by atomic mass is 16.4. The van der Waals surface area contributed by atoms with Crippen molar-refractivity contribution in [2.75, 3.05) is 6.54 Å². The van der Waals surface area contributed by atoms with Crippen molar-refractivity contribution in [2.24, 2.45) is 11.8 Å². The summed E-state index contributed by atoms with van der Waals surface area (Å²) in [6, 6.07) is 0. The van der Waals surface area contributed by atoms with Crippen LogP contribution in [0.25, 0.3) is 0 Å². The Balaban J connectivity index is 2.19. The molecule has 98 valence electrons. The summed E-state index contributed by atoms with van der Waals surface area (Å²) < 4.78 is 0. The summed E-state index contributed by atoms with van der Waals surface area (Å²) in [6.45, 7) is 0.586. The number of carbonyl (C=O) groups is 3. The number of fused-ring (bicyclic) bond motifs is 1. The Labute approximate surface area is 104 Å². The van der Waals surface area contributed by atoms with Crippen LogP contribution in [0.2, 0.25) is 0 Å². The van der Waals surface area contributed by atoms with Crippen LogP contribution in [0.1, 0.15) is 19.8 Å². The molecule has 2 rings (SSSR count). The van der Waals surface area contributed by atoms with E-state index in [0.29, 0.717) is 12.8 Å². The fourth-order valence-corrected chi connectivity index (χ4v) is 2.40. The van der Waals surface area contributed by atoms with Crippen molar-refractivity contribution in [1.82, 2.24) is 4.90 Å². The summed E-state index contributed by atoms with van der Waals surface area (Å²) in [6.07, 6.45) is 4.71. The number of aliphatic hydroxyl groups is 1. The molecule has 1 aliphatic carbocycles. The molecule has 0 bridgehead atoms. The van der Waals surface area contributed by atoms with Crippen LogP contribution in [0.4, 0.5) is 0 Å². The minimum atomic E-state index is -2.10. The highest BCUT2D eigenvalue weighted by molar-refractivity contribution is 6.05. The lowest BCUT2D eigenvalue weighted by Gasteiger charge is -2.24. The highest BCUT2D eigenvalue weighted by Gasteiger charge is 2.49. The van der Waals surface area contributed by atoms with Gasteiger partial charge in [-0.15, -0.1) is 0 Å². The zero-order chi connectivity index (χ0) is 13.5. The number of carboxylic acid groups (broad SMARTS) is 1. The van der Waals surface area contributed by atoms with Gasteiger partial charge in [0.05, 0.1) is 18.4 Å². The van der Waals surface area contributed by atoms with Crippen molar-refractivity contribution in [3.8, 4) is 0 Å². The van der Waals surface area contributed by atoms with Crippen LogP contribution in [0.15, 0.2) is 12.2 Å². The fraction of sp³-hybridized carbons (Fsp3) is 0.583. The van der Waals surface area contributed by atoms with Crippen LogP contribution in [-0.4, -0.2) is 45.0 Å². The Hall–Kier alpha value is -1.69. The van der Waals surface area contributed by atoms with Gasteiger partial charge >= 0.3 is 5.97 Å². The molecule has 0 aromatic heterocycles. The predicted molar refractivity (Wildman–Crippen MR) is 60.3 cm³/mol. The molecule has 2 amide bonds. The Morgan fingerprint density at radius 1 is 1.33 bits per heavy atom. The van der Waals surface area contributed by atoms with E-state index in [1.54, 1.807) is 0 Å². The van der Waals surface area contributed by atoms with Gasteiger partial charge in [-0.1, -0.05) is 12.2 Å². The smallest absolute Gasteiger partial charge is 0.337 e. The van der Waals surface area contributed by atoms with Gasteiger partial charge < -0.3 is 10.2 Å². The molecule has 2 aliphatic rings. The van der Waals surface area contributed by atoms with E-state index >= 15 is 0 Å². The summed E-state index contributed by atoms with van der Waals surface area (Å²) in [5, 5.41) is 18.5. The SMILES string of the molecule is CC(O)(CN1C(=O)[C@H]2CC=CC[C@H]2C1=O)C(=O)O. The summed E-state index contributed by atoms with van der Waals surface area (Å²) in [7, 11) is 0. The van der Waals surface area contributed by atoms with Crippen molar-refractivity contribution in [1.29, 1.82) is 0 Å². The number of allylic oxidation sites excluding steroid dienone is 2. The summed E-state index contributed by atoms with van der Waals surface area (Å²) in [5.41, 5.74) is -2.10. The van der Waals surface area contributed by atoms with Crippen molar-refractivity contribution in [3.05, 3.63) is 12.2 Å². The number of aliphatic carboxylic acids is 1. The first-order valence-electron chi connectivity index (χ1n) is 5.80. The third kappa shape index (κ3) is 1.92. The second kappa shape index (κ2) is 4.20. The van der Waals surface area contributed by atoms with Gasteiger partial charge in [-0.05, 0) is 19.8 Å². The van der Waals surface area contributed by atoms with Gasteiger partial charge in [-0.3, -0.25) is 14.5 Å². The van der Waals surface area contributed by atoms with Gasteiger partial charge in [0.1, 0.15) is 0 Å². The number of carbonyl (C=O) groups excluding carboxylic acids is 2. The molecular formula is C12H15NO5. The first-order valence-corrected chi connectivity index (χ1v) is 5.80. The lowest BCUT2D eigenvalue weighted by Crippen LogP contribution is -2.49. The zero-order valence-corrected chi connectivity index (χ0v) is 10.00. The van der Waals surface area contributed by atoms with Gasteiger partial charge in [0.2, 0.25) is 11.8 Å². The predicted octanol–water partition coefficient (Wildman–Crippen LogP) is -0.227. The average molecular weight is 253 g/mol.